The molecular formula is C14H24N2O2. The molecule has 2 amide bonds. The lowest BCUT2D eigenvalue weighted by Crippen LogP contribution is -2.69. The van der Waals surface area contributed by atoms with E-state index in [-0.39, 0.29) is 41.8 Å². The van der Waals surface area contributed by atoms with Gasteiger partial charge in [-0.2, -0.15) is 0 Å². The molecule has 2 fully saturated rings. The van der Waals surface area contributed by atoms with E-state index >= 15 is 0 Å². The number of amides is 2. The number of hydrogen-bond acceptors (Lipinski definition) is 2. The lowest BCUT2D eigenvalue weighted by molar-refractivity contribution is -0.157. The molecule has 18 heavy (non-hydrogen) atoms. The summed E-state index contributed by atoms with van der Waals surface area (Å²) in [6.07, 6.45) is 3.27. The fourth-order valence-electron chi connectivity index (χ4n) is 2.87. The van der Waals surface area contributed by atoms with E-state index in [1.54, 1.807) is 0 Å². The number of hydrogen-bond donors (Lipinski definition) is 1. The van der Waals surface area contributed by atoms with E-state index < -0.39 is 0 Å². The molecule has 2 unspecified atom stereocenters. The largest absolute Gasteiger partial charge is 0.342 e. The maximum atomic E-state index is 12.6. The standard InChI is InChI=1S/C14H24N2O2/c1-8(2)11-14(18)16(10-6-5-7-10)12(9(3)4)13(17)15-11/h8-12H,5-7H2,1-4H3,(H,15,17). The number of piperazine rings is 1. The summed E-state index contributed by atoms with van der Waals surface area (Å²) in [5.41, 5.74) is 0. The third-order valence-electron chi connectivity index (χ3n) is 4.15. The lowest BCUT2D eigenvalue weighted by Gasteiger charge is -2.48. The summed E-state index contributed by atoms with van der Waals surface area (Å²) in [5, 5.41) is 2.90. The van der Waals surface area contributed by atoms with Crippen molar-refractivity contribution in [1.29, 1.82) is 0 Å². The molecule has 4 nitrogen and oxygen atoms in total. The van der Waals surface area contributed by atoms with Crippen molar-refractivity contribution in [1.82, 2.24) is 10.2 Å². The number of carbonyl (C=O) groups is 2. The highest BCUT2D eigenvalue weighted by atomic mass is 16.2. The van der Waals surface area contributed by atoms with Crippen molar-refractivity contribution in [3.05, 3.63) is 0 Å². The molecule has 1 aliphatic carbocycles. The molecular weight excluding hydrogens is 228 g/mol. The van der Waals surface area contributed by atoms with Crippen LogP contribution in [0.4, 0.5) is 0 Å². The second-order valence-corrected chi connectivity index (χ2v) is 6.25. The molecule has 0 bridgehead atoms. The number of nitrogens with zero attached hydrogens (tertiary/aromatic N) is 1. The third-order valence-corrected chi connectivity index (χ3v) is 4.15. The molecule has 4 heteroatoms. The van der Waals surface area contributed by atoms with Gasteiger partial charge < -0.3 is 10.2 Å². The van der Waals surface area contributed by atoms with Gasteiger partial charge in [0.05, 0.1) is 0 Å². The van der Waals surface area contributed by atoms with Gasteiger partial charge in [-0.3, -0.25) is 9.59 Å². The summed E-state index contributed by atoms with van der Waals surface area (Å²) in [6, 6.07) is -0.330. The van der Waals surface area contributed by atoms with Gasteiger partial charge in [0.15, 0.2) is 0 Å². The first kappa shape index (κ1) is 13.4. The Morgan fingerprint density at radius 2 is 1.72 bits per heavy atom. The molecule has 2 aliphatic rings. The molecule has 1 saturated carbocycles. The van der Waals surface area contributed by atoms with Crippen molar-refractivity contribution in [2.45, 2.75) is 65.1 Å². The zero-order valence-corrected chi connectivity index (χ0v) is 11.8. The summed E-state index contributed by atoms with van der Waals surface area (Å²) in [6.45, 7) is 7.99. The fourth-order valence-corrected chi connectivity index (χ4v) is 2.87. The van der Waals surface area contributed by atoms with Gasteiger partial charge in [0.2, 0.25) is 11.8 Å². The van der Waals surface area contributed by atoms with E-state index in [2.05, 4.69) is 5.32 Å². The molecule has 1 saturated heterocycles. The highest BCUT2D eigenvalue weighted by molar-refractivity contribution is 5.97. The average molecular weight is 252 g/mol. The van der Waals surface area contributed by atoms with Gasteiger partial charge in [0.1, 0.15) is 12.1 Å². The number of nitrogens with one attached hydrogen (secondary N) is 1. The number of rotatable bonds is 3. The van der Waals surface area contributed by atoms with Crippen molar-refractivity contribution in [3.8, 4) is 0 Å². The minimum Gasteiger partial charge on any atom is -0.342 e. The Kier molecular flexibility index (Phi) is 3.64. The molecule has 1 heterocycles. The molecule has 2 atom stereocenters. The summed E-state index contributed by atoms with van der Waals surface area (Å²) < 4.78 is 0. The Labute approximate surface area is 109 Å². The summed E-state index contributed by atoms with van der Waals surface area (Å²) in [4.78, 5) is 26.7. The molecule has 1 aliphatic heterocycles. The van der Waals surface area contributed by atoms with Gasteiger partial charge in [-0.15, -0.1) is 0 Å². The Morgan fingerprint density at radius 1 is 1.11 bits per heavy atom. The van der Waals surface area contributed by atoms with E-state index in [9.17, 15) is 9.59 Å². The minimum absolute atomic E-state index is 0.0233. The topological polar surface area (TPSA) is 49.4 Å². The summed E-state index contributed by atoms with van der Waals surface area (Å²) >= 11 is 0. The minimum atomic E-state index is -0.340. The van der Waals surface area contributed by atoms with E-state index in [0.717, 1.165) is 12.8 Å². The first-order valence-corrected chi connectivity index (χ1v) is 7.06. The van der Waals surface area contributed by atoms with Crippen molar-refractivity contribution in [2.75, 3.05) is 0 Å². The van der Waals surface area contributed by atoms with Crippen molar-refractivity contribution >= 4 is 11.8 Å². The molecule has 1 N–H and O–H groups in total. The normalized spacial score (nSPS) is 29.8. The SMILES string of the molecule is CC(C)C1NC(=O)C(C(C)C)N(C2CCC2)C1=O. The maximum Gasteiger partial charge on any atom is 0.246 e. The Hall–Kier alpha value is -1.06. The highest BCUT2D eigenvalue weighted by Crippen LogP contribution is 2.32. The quantitative estimate of drug-likeness (QED) is 0.828. The molecule has 0 aromatic rings. The van der Waals surface area contributed by atoms with Crippen LogP contribution >= 0.6 is 0 Å². The highest BCUT2D eigenvalue weighted by Gasteiger charge is 2.46. The molecule has 0 radical (unpaired) electrons. The van der Waals surface area contributed by atoms with Crippen LogP contribution in [0.25, 0.3) is 0 Å². The molecule has 102 valence electrons. The van der Waals surface area contributed by atoms with E-state index in [1.807, 2.05) is 32.6 Å². The van der Waals surface area contributed by atoms with Gasteiger partial charge in [-0.1, -0.05) is 27.7 Å². The molecule has 0 spiro atoms. The van der Waals surface area contributed by atoms with Crippen LogP contribution in [0.15, 0.2) is 0 Å². The van der Waals surface area contributed by atoms with Gasteiger partial charge >= 0.3 is 0 Å². The van der Waals surface area contributed by atoms with Gasteiger partial charge in [0, 0.05) is 6.04 Å². The van der Waals surface area contributed by atoms with Crippen LogP contribution in [-0.4, -0.2) is 34.8 Å². The Bertz CT molecular complexity index is 348. The fraction of sp³-hybridized carbons (Fsp3) is 0.857. The van der Waals surface area contributed by atoms with Crippen LogP contribution < -0.4 is 5.32 Å². The zero-order chi connectivity index (χ0) is 13.4. The third kappa shape index (κ3) is 2.13. The summed E-state index contributed by atoms with van der Waals surface area (Å²) in [5.74, 6) is 0.461. The molecule has 2 rings (SSSR count). The van der Waals surface area contributed by atoms with Crippen LogP contribution in [0, 0.1) is 11.8 Å². The monoisotopic (exact) mass is 252 g/mol. The first-order chi connectivity index (χ1) is 8.43. The Morgan fingerprint density at radius 3 is 2.11 bits per heavy atom. The van der Waals surface area contributed by atoms with E-state index in [4.69, 9.17) is 0 Å². The van der Waals surface area contributed by atoms with E-state index in [0.29, 0.717) is 0 Å². The smallest absolute Gasteiger partial charge is 0.246 e. The predicted octanol–water partition coefficient (Wildman–Crippen LogP) is 1.55. The predicted molar refractivity (Wildman–Crippen MR) is 69.9 cm³/mol. The van der Waals surface area contributed by atoms with Gasteiger partial charge in [0.25, 0.3) is 0 Å². The van der Waals surface area contributed by atoms with Crippen LogP contribution in [0.2, 0.25) is 0 Å². The summed E-state index contributed by atoms with van der Waals surface area (Å²) in [7, 11) is 0. The Balaban J connectivity index is 2.26. The number of carbonyl (C=O) groups excluding carboxylic acids is 2. The van der Waals surface area contributed by atoms with Crippen molar-refractivity contribution in [3.63, 3.8) is 0 Å². The van der Waals surface area contributed by atoms with Gasteiger partial charge in [-0.25, -0.2) is 0 Å². The van der Waals surface area contributed by atoms with Crippen LogP contribution in [0.5, 0.6) is 0 Å². The maximum absolute atomic E-state index is 12.6. The zero-order valence-electron chi connectivity index (χ0n) is 11.8. The van der Waals surface area contributed by atoms with Crippen molar-refractivity contribution in [2.24, 2.45) is 11.8 Å². The van der Waals surface area contributed by atoms with Crippen LogP contribution in [0.3, 0.4) is 0 Å². The second-order valence-electron chi connectivity index (χ2n) is 6.25. The average Bonchev–Trinajstić information content (AvgIpc) is 2.19. The van der Waals surface area contributed by atoms with Crippen molar-refractivity contribution < 1.29 is 9.59 Å². The second kappa shape index (κ2) is 4.90. The first-order valence-electron chi connectivity index (χ1n) is 7.06. The lowest BCUT2D eigenvalue weighted by atomic mass is 9.84. The molecule has 0 aromatic heterocycles. The van der Waals surface area contributed by atoms with Crippen LogP contribution in [-0.2, 0) is 9.59 Å². The van der Waals surface area contributed by atoms with E-state index in [1.165, 1.54) is 6.42 Å². The van der Waals surface area contributed by atoms with Crippen LogP contribution in [0.1, 0.15) is 47.0 Å². The van der Waals surface area contributed by atoms with Gasteiger partial charge in [-0.05, 0) is 31.1 Å². The molecule has 0 aromatic carbocycles.